The monoisotopic (exact) mass is 452 g/mol. The van der Waals surface area contributed by atoms with Crippen molar-refractivity contribution in [3.05, 3.63) is 75.1 Å². The number of ether oxygens (including phenoxy) is 2. The molecule has 1 aromatic carbocycles. The molecule has 0 saturated heterocycles. The summed E-state index contributed by atoms with van der Waals surface area (Å²) in [4.78, 5) is 42.8. The minimum Gasteiger partial charge on any atom is -0.497 e. The van der Waals surface area contributed by atoms with Crippen LogP contribution in [-0.2, 0) is 17.8 Å². The third kappa shape index (κ3) is 4.07. The van der Waals surface area contributed by atoms with Crippen LogP contribution in [0.3, 0.4) is 0 Å². The SMILES string of the molecule is COC(=O)c1ccc(Cn2cnc3c2c(=O)n(CC(C)C)c(=O)n3-c2ccc(OC)cc2)o1. The van der Waals surface area contributed by atoms with E-state index in [1.165, 1.54) is 28.6 Å². The Labute approximate surface area is 188 Å². The summed E-state index contributed by atoms with van der Waals surface area (Å²) in [6, 6.07) is 10.1. The summed E-state index contributed by atoms with van der Waals surface area (Å²) in [6.45, 7) is 4.26. The maximum atomic E-state index is 13.4. The molecule has 0 amide bonds. The van der Waals surface area contributed by atoms with Gasteiger partial charge in [0.05, 0.1) is 32.8 Å². The summed E-state index contributed by atoms with van der Waals surface area (Å²) < 4.78 is 19.7. The standard InChI is InChI=1S/C23H24N4O6/c1-14(2)11-26-21(28)19-20(27(23(26)30)15-5-7-16(31-3)8-6-15)24-13-25(19)12-17-9-10-18(33-17)22(29)32-4/h5-10,13-14H,11-12H2,1-4H3. The first kappa shape index (κ1) is 22.1. The van der Waals surface area contributed by atoms with E-state index in [0.29, 0.717) is 17.2 Å². The number of hydrogen-bond acceptors (Lipinski definition) is 7. The van der Waals surface area contributed by atoms with Gasteiger partial charge in [0.15, 0.2) is 11.2 Å². The van der Waals surface area contributed by atoms with E-state index in [1.807, 2.05) is 13.8 Å². The van der Waals surface area contributed by atoms with Gasteiger partial charge in [-0.3, -0.25) is 9.36 Å². The number of nitrogens with zero attached hydrogens (tertiary/aromatic N) is 4. The molecule has 3 heterocycles. The van der Waals surface area contributed by atoms with Crippen molar-refractivity contribution in [3.8, 4) is 11.4 Å². The average Bonchev–Trinajstić information content (AvgIpc) is 3.44. The van der Waals surface area contributed by atoms with E-state index in [4.69, 9.17) is 9.15 Å². The van der Waals surface area contributed by atoms with Crippen molar-refractivity contribution in [2.24, 2.45) is 5.92 Å². The molecule has 33 heavy (non-hydrogen) atoms. The topological polar surface area (TPSA) is 110 Å². The number of rotatable bonds is 7. The Morgan fingerprint density at radius 3 is 2.45 bits per heavy atom. The number of aromatic nitrogens is 4. The molecule has 0 aliphatic heterocycles. The van der Waals surface area contributed by atoms with Crippen LogP contribution < -0.4 is 16.0 Å². The molecule has 4 aromatic rings. The van der Waals surface area contributed by atoms with E-state index >= 15 is 0 Å². The molecule has 0 bridgehead atoms. The number of benzene rings is 1. The maximum Gasteiger partial charge on any atom is 0.373 e. The molecule has 0 radical (unpaired) electrons. The van der Waals surface area contributed by atoms with Gasteiger partial charge in [-0.2, -0.15) is 0 Å². The van der Waals surface area contributed by atoms with E-state index < -0.39 is 17.2 Å². The average molecular weight is 452 g/mol. The molecule has 172 valence electrons. The van der Waals surface area contributed by atoms with Crippen LogP contribution in [-0.4, -0.2) is 38.9 Å². The van der Waals surface area contributed by atoms with Crippen molar-refractivity contribution in [2.45, 2.75) is 26.9 Å². The van der Waals surface area contributed by atoms with Crippen LogP contribution in [0.25, 0.3) is 16.9 Å². The fraction of sp³-hybridized carbons (Fsp3) is 0.304. The van der Waals surface area contributed by atoms with Crippen LogP contribution in [0.15, 0.2) is 56.7 Å². The van der Waals surface area contributed by atoms with Crippen LogP contribution in [0.5, 0.6) is 5.75 Å². The molecule has 0 N–H and O–H groups in total. The molecule has 4 rings (SSSR count). The van der Waals surface area contributed by atoms with Crippen molar-refractivity contribution in [1.82, 2.24) is 18.7 Å². The predicted octanol–water partition coefficient (Wildman–Crippen LogP) is 2.44. The highest BCUT2D eigenvalue weighted by Gasteiger charge is 2.21. The van der Waals surface area contributed by atoms with Crippen molar-refractivity contribution >= 4 is 17.1 Å². The second kappa shape index (κ2) is 8.81. The van der Waals surface area contributed by atoms with Crippen molar-refractivity contribution in [3.63, 3.8) is 0 Å². The highest BCUT2D eigenvalue weighted by molar-refractivity contribution is 5.86. The summed E-state index contributed by atoms with van der Waals surface area (Å²) in [7, 11) is 2.83. The Bertz CT molecular complexity index is 1420. The Morgan fingerprint density at radius 1 is 1.09 bits per heavy atom. The highest BCUT2D eigenvalue weighted by Crippen LogP contribution is 2.19. The highest BCUT2D eigenvalue weighted by atomic mass is 16.5. The summed E-state index contributed by atoms with van der Waals surface area (Å²) in [5.41, 5.74) is 0.129. The fourth-order valence-electron chi connectivity index (χ4n) is 3.63. The van der Waals surface area contributed by atoms with Gasteiger partial charge in [0.2, 0.25) is 5.76 Å². The van der Waals surface area contributed by atoms with Gasteiger partial charge in [0.25, 0.3) is 5.56 Å². The molecule has 0 atom stereocenters. The quantitative estimate of drug-likeness (QED) is 0.396. The second-order valence-corrected chi connectivity index (χ2v) is 7.93. The number of esters is 1. The molecule has 0 fully saturated rings. The molecule has 0 saturated carbocycles. The molecule has 3 aromatic heterocycles. The molecular weight excluding hydrogens is 428 g/mol. The number of carbonyl (C=O) groups excluding carboxylic acids is 1. The summed E-state index contributed by atoms with van der Waals surface area (Å²) in [5, 5.41) is 0. The second-order valence-electron chi connectivity index (χ2n) is 7.93. The third-order valence-corrected chi connectivity index (χ3v) is 5.15. The first-order valence-electron chi connectivity index (χ1n) is 10.4. The number of imidazole rings is 1. The zero-order valence-corrected chi connectivity index (χ0v) is 18.8. The molecule has 0 aliphatic rings. The number of hydrogen-bond donors (Lipinski definition) is 0. The van der Waals surface area contributed by atoms with E-state index in [9.17, 15) is 14.4 Å². The van der Waals surface area contributed by atoms with Crippen molar-refractivity contribution in [2.75, 3.05) is 14.2 Å². The minimum absolute atomic E-state index is 0.0595. The molecule has 10 heteroatoms. The minimum atomic E-state index is -0.593. The molecule has 0 unspecified atom stereocenters. The van der Waals surface area contributed by atoms with Crippen LogP contribution >= 0.6 is 0 Å². The van der Waals surface area contributed by atoms with Gasteiger partial charge in [-0.05, 0) is 42.3 Å². The van der Waals surface area contributed by atoms with Gasteiger partial charge in [0.1, 0.15) is 11.5 Å². The smallest absolute Gasteiger partial charge is 0.373 e. The lowest BCUT2D eigenvalue weighted by Gasteiger charge is -2.14. The Hall–Kier alpha value is -4.08. The van der Waals surface area contributed by atoms with Crippen LogP contribution in [0.4, 0.5) is 0 Å². The van der Waals surface area contributed by atoms with E-state index in [2.05, 4.69) is 9.72 Å². The summed E-state index contributed by atoms with van der Waals surface area (Å²) >= 11 is 0. The molecule has 0 aliphatic carbocycles. The van der Waals surface area contributed by atoms with Gasteiger partial charge >= 0.3 is 11.7 Å². The summed E-state index contributed by atoms with van der Waals surface area (Å²) in [6.07, 6.45) is 1.48. The zero-order chi connectivity index (χ0) is 23.7. The van der Waals surface area contributed by atoms with Gasteiger partial charge in [0, 0.05) is 6.54 Å². The van der Waals surface area contributed by atoms with E-state index in [-0.39, 0.29) is 35.9 Å². The Balaban J connectivity index is 1.90. The third-order valence-electron chi connectivity index (χ3n) is 5.15. The molecule has 10 nitrogen and oxygen atoms in total. The largest absolute Gasteiger partial charge is 0.497 e. The van der Waals surface area contributed by atoms with Crippen LogP contribution in [0, 0.1) is 5.92 Å². The van der Waals surface area contributed by atoms with Gasteiger partial charge in [-0.1, -0.05) is 13.8 Å². The lowest BCUT2D eigenvalue weighted by molar-refractivity contribution is 0.0563. The summed E-state index contributed by atoms with van der Waals surface area (Å²) in [5.74, 6) is 0.616. The predicted molar refractivity (Wildman–Crippen MR) is 120 cm³/mol. The van der Waals surface area contributed by atoms with Gasteiger partial charge in [-0.25, -0.2) is 19.1 Å². The van der Waals surface area contributed by atoms with Crippen molar-refractivity contribution < 1.29 is 18.7 Å². The number of methoxy groups -OCH3 is 2. The Morgan fingerprint density at radius 2 is 1.82 bits per heavy atom. The van der Waals surface area contributed by atoms with Crippen molar-refractivity contribution in [1.29, 1.82) is 0 Å². The number of fused-ring (bicyclic) bond motifs is 1. The first-order chi connectivity index (χ1) is 15.8. The normalized spacial score (nSPS) is 11.3. The molecule has 0 spiro atoms. The van der Waals surface area contributed by atoms with E-state index in [1.54, 1.807) is 42.0 Å². The number of carbonyl (C=O) groups is 1. The first-order valence-corrected chi connectivity index (χ1v) is 10.4. The fourth-order valence-corrected chi connectivity index (χ4v) is 3.63. The molecular formula is C23H24N4O6. The maximum absolute atomic E-state index is 13.4. The van der Waals surface area contributed by atoms with E-state index in [0.717, 1.165) is 0 Å². The van der Waals surface area contributed by atoms with Gasteiger partial charge in [-0.15, -0.1) is 0 Å². The Kier molecular flexibility index (Phi) is 5.91. The van der Waals surface area contributed by atoms with Gasteiger partial charge < -0.3 is 18.5 Å². The van der Waals surface area contributed by atoms with Crippen LogP contribution in [0.2, 0.25) is 0 Å². The van der Waals surface area contributed by atoms with Crippen LogP contribution in [0.1, 0.15) is 30.2 Å². The lowest BCUT2D eigenvalue weighted by Crippen LogP contribution is -2.41. The number of furan rings is 1. The zero-order valence-electron chi connectivity index (χ0n) is 18.8. The lowest BCUT2D eigenvalue weighted by atomic mass is 10.2.